The predicted octanol–water partition coefficient (Wildman–Crippen LogP) is 3.89. The number of furan rings is 1. The Morgan fingerprint density at radius 2 is 1.90 bits per heavy atom. The van der Waals surface area contributed by atoms with Crippen LogP contribution in [0.15, 0.2) is 41.0 Å². The summed E-state index contributed by atoms with van der Waals surface area (Å²) >= 11 is 5.81. The Balaban J connectivity index is 1.97. The lowest BCUT2D eigenvalue weighted by Gasteiger charge is -2.20. The molecule has 0 fully saturated rings. The molecular formula is C19H18ClF3N2O5. The van der Waals surface area contributed by atoms with E-state index in [2.05, 4.69) is 10.6 Å². The van der Waals surface area contributed by atoms with Crippen molar-refractivity contribution in [2.24, 2.45) is 5.92 Å². The first-order valence-corrected chi connectivity index (χ1v) is 9.04. The van der Waals surface area contributed by atoms with E-state index < -0.39 is 42.2 Å². The molecule has 1 atom stereocenters. The first-order chi connectivity index (χ1) is 14.0. The lowest BCUT2D eigenvalue weighted by molar-refractivity contribution is -0.150. The van der Waals surface area contributed by atoms with Crippen molar-refractivity contribution >= 4 is 35.1 Å². The molecule has 30 heavy (non-hydrogen) atoms. The zero-order chi connectivity index (χ0) is 22.5. The van der Waals surface area contributed by atoms with Crippen LogP contribution < -0.4 is 10.6 Å². The summed E-state index contributed by atoms with van der Waals surface area (Å²) in [6.45, 7) is 2.51. The number of hydrogen-bond donors (Lipinski definition) is 2. The van der Waals surface area contributed by atoms with Crippen molar-refractivity contribution in [1.82, 2.24) is 5.32 Å². The van der Waals surface area contributed by atoms with Gasteiger partial charge in [0.2, 0.25) is 0 Å². The van der Waals surface area contributed by atoms with E-state index >= 15 is 0 Å². The number of nitrogens with one attached hydrogen (secondary N) is 2. The van der Waals surface area contributed by atoms with E-state index in [1.807, 2.05) is 0 Å². The van der Waals surface area contributed by atoms with Crippen LogP contribution in [0.3, 0.4) is 0 Å². The van der Waals surface area contributed by atoms with Crippen molar-refractivity contribution in [3.63, 3.8) is 0 Å². The van der Waals surface area contributed by atoms with E-state index in [0.717, 1.165) is 12.1 Å². The van der Waals surface area contributed by atoms with Crippen molar-refractivity contribution in [2.75, 3.05) is 11.9 Å². The fourth-order valence-corrected chi connectivity index (χ4v) is 2.49. The minimum absolute atomic E-state index is 0.00891. The minimum atomic E-state index is -4.62. The van der Waals surface area contributed by atoms with Gasteiger partial charge in [-0.25, -0.2) is 4.79 Å². The van der Waals surface area contributed by atoms with Gasteiger partial charge < -0.3 is 19.8 Å². The molecule has 0 aliphatic heterocycles. The smallest absolute Gasteiger partial charge is 0.416 e. The van der Waals surface area contributed by atoms with Gasteiger partial charge in [-0.1, -0.05) is 25.4 Å². The van der Waals surface area contributed by atoms with Gasteiger partial charge in [-0.15, -0.1) is 0 Å². The standard InChI is InChI=1S/C19H18ClF3N2O5/c1-10(2)16(25-17(27)14-4-3-7-29-14)18(28)30-9-15(26)24-13-8-11(19(21,22)23)5-6-12(13)20/h3-8,10,16H,9H2,1-2H3,(H,24,26)(H,25,27)/t16-/m0/s1. The van der Waals surface area contributed by atoms with Crippen LogP contribution in [0.25, 0.3) is 0 Å². The van der Waals surface area contributed by atoms with E-state index in [0.29, 0.717) is 6.07 Å². The molecule has 0 radical (unpaired) electrons. The Labute approximate surface area is 174 Å². The topological polar surface area (TPSA) is 97.6 Å². The number of amides is 2. The molecule has 0 unspecified atom stereocenters. The number of carbonyl (C=O) groups excluding carboxylic acids is 3. The molecule has 0 aliphatic carbocycles. The number of alkyl halides is 3. The summed E-state index contributed by atoms with van der Waals surface area (Å²) in [4.78, 5) is 36.3. The first-order valence-electron chi connectivity index (χ1n) is 8.66. The van der Waals surface area contributed by atoms with Crippen LogP contribution in [0.1, 0.15) is 30.0 Å². The summed E-state index contributed by atoms with van der Waals surface area (Å²) in [5.41, 5.74) is -1.28. The average molecular weight is 447 g/mol. The molecule has 0 bridgehead atoms. The van der Waals surface area contributed by atoms with Crippen LogP contribution in [-0.4, -0.2) is 30.4 Å². The molecule has 1 heterocycles. The van der Waals surface area contributed by atoms with E-state index in [1.165, 1.54) is 18.4 Å². The highest BCUT2D eigenvalue weighted by atomic mass is 35.5. The fraction of sp³-hybridized carbons (Fsp3) is 0.316. The Bertz CT molecular complexity index is 913. The molecule has 2 aromatic rings. The Kier molecular flexibility index (Phi) is 7.49. The van der Waals surface area contributed by atoms with Gasteiger partial charge in [-0.3, -0.25) is 9.59 Å². The quantitative estimate of drug-likeness (QED) is 0.629. The van der Waals surface area contributed by atoms with Crippen molar-refractivity contribution in [2.45, 2.75) is 26.1 Å². The van der Waals surface area contributed by atoms with Crippen molar-refractivity contribution < 1.29 is 36.7 Å². The molecule has 2 N–H and O–H groups in total. The van der Waals surface area contributed by atoms with Gasteiger partial charge in [-0.2, -0.15) is 13.2 Å². The highest BCUT2D eigenvalue weighted by Gasteiger charge is 2.31. The summed E-state index contributed by atoms with van der Waals surface area (Å²) in [6, 6.07) is 4.26. The number of esters is 1. The van der Waals surface area contributed by atoms with Crippen molar-refractivity contribution in [3.05, 3.63) is 52.9 Å². The first kappa shape index (κ1) is 23.3. The third kappa shape index (κ3) is 6.24. The summed E-state index contributed by atoms with van der Waals surface area (Å²) in [5, 5.41) is 4.48. The van der Waals surface area contributed by atoms with Gasteiger partial charge in [0.1, 0.15) is 6.04 Å². The number of ether oxygens (including phenoxy) is 1. The van der Waals surface area contributed by atoms with Gasteiger partial charge in [-0.05, 0) is 36.2 Å². The second-order valence-electron chi connectivity index (χ2n) is 6.52. The Morgan fingerprint density at radius 1 is 1.20 bits per heavy atom. The monoisotopic (exact) mass is 446 g/mol. The minimum Gasteiger partial charge on any atom is -0.459 e. The Hall–Kier alpha value is -3.01. The number of halogens is 4. The zero-order valence-corrected chi connectivity index (χ0v) is 16.6. The maximum atomic E-state index is 12.8. The highest BCUT2D eigenvalue weighted by Crippen LogP contribution is 2.33. The molecular weight excluding hydrogens is 429 g/mol. The SMILES string of the molecule is CC(C)[C@H](NC(=O)c1ccco1)C(=O)OCC(=O)Nc1cc(C(F)(F)F)ccc1Cl. The summed E-state index contributed by atoms with van der Waals surface area (Å²) < 4.78 is 48.2. The normalized spacial score (nSPS) is 12.4. The third-order valence-corrected chi connectivity index (χ3v) is 4.20. The Morgan fingerprint density at radius 3 is 2.47 bits per heavy atom. The van der Waals surface area contributed by atoms with E-state index in [-0.39, 0.29) is 22.4 Å². The lowest BCUT2D eigenvalue weighted by Crippen LogP contribution is -2.45. The largest absolute Gasteiger partial charge is 0.459 e. The predicted molar refractivity (Wildman–Crippen MR) is 101 cm³/mol. The zero-order valence-electron chi connectivity index (χ0n) is 15.9. The average Bonchev–Trinajstić information content (AvgIpc) is 3.19. The van der Waals surface area contributed by atoms with Gasteiger partial charge in [0.05, 0.1) is 22.5 Å². The van der Waals surface area contributed by atoms with Crippen LogP contribution in [0.4, 0.5) is 18.9 Å². The molecule has 11 heteroatoms. The number of anilines is 1. The third-order valence-electron chi connectivity index (χ3n) is 3.87. The van der Waals surface area contributed by atoms with Crippen molar-refractivity contribution in [1.29, 1.82) is 0 Å². The maximum Gasteiger partial charge on any atom is 0.416 e. The molecule has 7 nitrogen and oxygen atoms in total. The van der Waals surface area contributed by atoms with Crippen LogP contribution in [-0.2, 0) is 20.5 Å². The molecule has 0 spiro atoms. The van der Waals surface area contributed by atoms with E-state index in [4.69, 9.17) is 20.8 Å². The molecule has 0 saturated carbocycles. The summed E-state index contributed by atoms with van der Waals surface area (Å²) in [6.07, 6.45) is -3.33. The lowest BCUT2D eigenvalue weighted by atomic mass is 10.0. The maximum absolute atomic E-state index is 12.8. The van der Waals surface area contributed by atoms with Crippen LogP contribution in [0.5, 0.6) is 0 Å². The highest BCUT2D eigenvalue weighted by molar-refractivity contribution is 6.33. The van der Waals surface area contributed by atoms with Crippen LogP contribution in [0, 0.1) is 5.92 Å². The van der Waals surface area contributed by atoms with Gasteiger partial charge in [0.15, 0.2) is 12.4 Å². The fourth-order valence-electron chi connectivity index (χ4n) is 2.33. The van der Waals surface area contributed by atoms with Gasteiger partial charge >= 0.3 is 12.1 Å². The van der Waals surface area contributed by atoms with Gasteiger partial charge in [0.25, 0.3) is 11.8 Å². The number of rotatable bonds is 7. The summed E-state index contributed by atoms with van der Waals surface area (Å²) in [7, 11) is 0. The van der Waals surface area contributed by atoms with E-state index in [1.54, 1.807) is 13.8 Å². The molecule has 1 aromatic carbocycles. The number of benzene rings is 1. The van der Waals surface area contributed by atoms with E-state index in [9.17, 15) is 27.6 Å². The molecule has 2 rings (SSSR count). The second-order valence-corrected chi connectivity index (χ2v) is 6.93. The molecule has 2 amide bonds. The molecule has 0 saturated heterocycles. The van der Waals surface area contributed by atoms with Crippen molar-refractivity contribution in [3.8, 4) is 0 Å². The molecule has 0 aliphatic rings. The van der Waals surface area contributed by atoms with Crippen LogP contribution in [0.2, 0.25) is 5.02 Å². The summed E-state index contributed by atoms with van der Waals surface area (Å²) in [5.74, 6) is -2.82. The number of hydrogen-bond acceptors (Lipinski definition) is 5. The van der Waals surface area contributed by atoms with Crippen LogP contribution >= 0.6 is 11.6 Å². The molecule has 1 aromatic heterocycles. The molecule has 162 valence electrons. The second kappa shape index (κ2) is 9.66. The van der Waals surface area contributed by atoms with Gasteiger partial charge in [0, 0.05) is 0 Å². The number of carbonyl (C=O) groups is 3.